The molecule has 3 aromatic rings. The van der Waals surface area contributed by atoms with Crippen molar-refractivity contribution < 1.29 is 0 Å². The second-order valence-corrected chi connectivity index (χ2v) is 8.77. The lowest BCUT2D eigenvalue weighted by Gasteiger charge is -2.32. The number of hydrogen-bond donors (Lipinski definition) is 2. The predicted octanol–water partition coefficient (Wildman–Crippen LogP) is 3.22. The normalized spacial score (nSPS) is 13.3. The van der Waals surface area contributed by atoms with Gasteiger partial charge in [0.1, 0.15) is 5.82 Å². The van der Waals surface area contributed by atoms with Crippen LogP contribution in [0.3, 0.4) is 0 Å². The molecule has 8 nitrogen and oxygen atoms in total. The Bertz CT molecular complexity index is 1230. The summed E-state index contributed by atoms with van der Waals surface area (Å²) in [7, 11) is 1.97. The number of H-pyrrole nitrogens is 2. The first-order valence-corrected chi connectivity index (χ1v) is 11.3. The summed E-state index contributed by atoms with van der Waals surface area (Å²) in [5.41, 5.74) is 5.93. The van der Waals surface area contributed by atoms with Crippen LogP contribution in [0.4, 0.5) is 17.3 Å². The molecule has 0 atom stereocenters. The Kier molecular flexibility index (Phi) is 5.95. The van der Waals surface area contributed by atoms with E-state index in [0.717, 1.165) is 44.0 Å². The molecule has 170 valence electrons. The minimum Gasteiger partial charge on any atom is -0.352 e. The molecule has 0 unspecified atom stereocenters. The lowest BCUT2D eigenvalue weighted by atomic mass is 10.00. The van der Waals surface area contributed by atoms with Crippen LogP contribution in [0.2, 0.25) is 0 Å². The fourth-order valence-corrected chi connectivity index (χ4v) is 5.01. The van der Waals surface area contributed by atoms with Gasteiger partial charge in [0.15, 0.2) is 5.82 Å². The molecule has 1 aromatic carbocycles. The van der Waals surface area contributed by atoms with E-state index in [1.54, 1.807) is 0 Å². The number of hydrogen-bond acceptors (Lipinski definition) is 5. The second-order valence-electron chi connectivity index (χ2n) is 8.77. The van der Waals surface area contributed by atoms with Gasteiger partial charge in [-0.1, -0.05) is 24.6 Å². The van der Waals surface area contributed by atoms with E-state index >= 15 is 0 Å². The van der Waals surface area contributed by atoms with Gasteiger partial charge in [-0.05, 0) is 51.2 Å². The summed E-state index contributed by atoms with van der Waals surface area (Å²) in [6.45, 7) is 10.7. The van der Waals surface area contributed by atoms with Gasteiger partial charge in [-0.15, -0.1) is 0 Å². The van der Waals surface area contributed by atoms with Crippen molar-refractivity contribution in [1.29, 1.82) is 0 Å². The lowest BCUT2D eigenvalue weighted by molar-refractivity contribution is 0.682. The average Bonchev–Trinajstić information content (AvgIpc) is 3.05. The van der Waals surface area contributed by atoms with Crippen LogP contribution in [-0.2, 0) is 20.0 Å². The van der Waals surface area contributed by atoms with Crippen LogP contribution < -0.4 is 21.0 Å². The van der Waals surface area contributed by atoms with Gasteiger partial charge in [0, 0.05) is 37.6 Å². The molecule has 0 radical (unpaired) electrons. The van der Waals surface area contributed by atoms with Crippen LogP contribution in [-0.4, -0.2) is 32.8 Å². The molecule has 0 saturated heterocycles. The van der Waals surface area contributed by atoms with Crippen LogP contribution >= 0.6 is 0 Å². The highest BCUT2D eigenvalue weighted by atomic mass is 16.2. The topological polar surface area (TPSA) is 90.0 Å². The number of nitrogens with one attached hydrogen (secondary N) is 2. The first kappa shape index (κ1) is 21.9. The maximum Gasteiger partial charge on any atom is 0.325 e. The number of aromatic amines is 2. The van der Waals surface area contributed by atoms with Crippen molar-refractivity contribution >= 4 is 17.3 Å². The van der Waals surface area contributed by atoms with Crippen LogP contribution in [0.15, 0.2) is 27.9 Å². The number of aromatic nitrogens is 4. The van der Waals surface area contributed by atoms with Gasteiger partial charge >= 0.3 is 5.69 Å². The Morgan fingerprint density at radius 3 is 2.53 bits per heavy atom. The molecule has 3 heterocycles. The quantitative estimate of drug-likeness (QED) is 0.619. The predicted molar refractivity (Wildman–Crippen MR) is 128 cm³/mol. The standard InChI is InChI=1S/C24H32N6O2/c1-6-9-29(14-18-13-25-24(32)26-22(18)31)23-19-8-7-10-30(21(19)27-28(23)5)20-16(3)11-15(2)12-17(20)4/h11-13H,6-10,14H2,1-5H3,(H2,25,26,31,32). The van der Waals surface area contributed by atoms with E-state index in [9.17, 15) is 9.59 Å². The summed E-state index contributed by atoms with van der Waals surface area (Å²) in [5, 5.41) is 4.95. The maximum absolute atomic E-state index is 12.3. The van der Waals surface area contributed by atoms with Crippen molar-refractivity contribution in [3.8, 4) is 0 Å². The van der Waals surface area contributed by atoms with E-state index in [1.807, 2.05) is 11.7 Å². The zero-order valence-corrected chi connectivity index (χ0v) is 19.6. The number of benzene rings is 1. The van der Waals surface area contributed by atoms with Gasteiger partial charge in [-0.2, -0.15) is 5.10 Å². The number of rotatable bonds is 6. The van der Waals surface area contributed by atoms with E-state index in [1.165, 1.54) is 34.1 Å². The average molecular weight is 437 g/mol. The molecule has 1 aliphatic rings. The summed E-state index contributed by atoms with van der Waals surface area (Å²) < 4.78 is 1.94. The first-order chi connectivity index (χ1) is 15.3. The molecule has 4 rings (SSSR count). The number of aryl methyl sites for hydroxylation is 4. The van der Waals surface area contributed by atoms with Crippen LogP contribution in [0.5, 0.6) is 0 Å². The van der Waals surface area contributed by atoms with Gasteiger partial charge in [-0.25, -0.2) is 4.79 Å². The summed E-state index contributed by atoms with van der Waals surface area (Å²) in [6.07, 6.45) is 4.43. The molecule has 2 N–H and O–H groups in total. The molecule has 0 spiro atoms. The molecule has 2 aromatic heterocycles. The highest BCUT2D eigenvalue weighted by molar-refractivity contribution is 5.74. The molecule has 1 aliphatic heterocycles. The van der Waals surface area contributed by atoms with Crippen molar-refractivity contribution in [1.82, 2.24) is 19.7 Å². The van der Waals surface area contributed by atoms with Gasteiger partial charge < -0.3 is 14.8 Å². The number of nitrogens with zero attached hydrogens (tertiary/aromatic N) is 4. The molecule has 0 saturated carbocycles. The monoisotopic (exact) mass is 436 g/mol. The third-order valence-electron chi connectivity index (χ3n) is 6.11. The Balaban J connectivity index is 1.78. The van der Waals surface area contributed by atoms with E-state index in [-0.39, 0.29) is 5.56 Å². The molecule has 32 heavy (non-hydrogen) atoms. The minimum absolute atomic E-state index is 0.349. The summed E-state index contributed by atoms with van der Waals surface area (Å²) in [4.78, 5) is 33.2. The van der Waals surface area contributed by atoms with Crippen molar-refractivity contribution in [2.45, 2.75) is 53.5 Å². The Morgan fingerprint density at radius 1 is 1.16 bits per heavy atom. The largest absolute Gasteiger partial charge is 0.352 e. The number of anilines is 3. The van der Waals surface area contributed by atoms with Gasteiger partial charge in [-0.3, -0.25) is 14.5 Å². The van der Waals surface area contributed by atoms with E-state index in [0.29, 0.717) is 12.1 Å². The maximum atomic E-state index is 12.3. The highest BCUT2D eigenvalue weighted by Gasteiger charge is 2.30. The Morgan fingerprint density at radius 2 is 1.88 bits per heavy atom. The molecular weight excluding hydrogens is 404 g/mol. The van der Waals surface area contributed by atoms with Crippen LogP contribution in [0.1, 0.15) is 47.6 Å². The zero-order chi connectivity index (χ0) is 23.0. The van der Waals surface area contributed by atoms with Gasteiger partial charge in [0.25, 0.3) is 5.56 Å². The third kappa shape index (κ3) is 3.97. The van der Waals surface area contributed by atoms with Crippen molar-refractivity contribution in [3.05, 3.63) is 67.0 Å². The minimum atomic E-state index is -0.488. The number of fused-ring (bicyclic) bond motifs is 1. The molecule has 0 bridgehead atoms. The Hall–Kier alpha value is -3.29. The second kappa shape index (κ2) is 8.68. The summed E-state index contributed by atoms with van der Waals surface area (Å²) >= 11 is 0. The van der Waals surface area contributed by atoms with Crippen molar-refractivity contribution in [2.75, 3.05) is 22.9 Å². The molecule has 0 aliphatic carbocycles. The molecule has 0 fully saturated rings. The summed E-state index contributed by atoms with van der Waals surface area (Å²) in [5.74, 6) is 2.04. The highest BCUT2D eigenvalue weighted by Crippen LogP contribution is 2.40. The van der Waals surface area contributed by atoms with E-state index < -0.39 is 5.69 Å². The lowest BCUT2D eigenvalue weighted by Crippen LogP contribution is -2.33. The summed E-state index contributed by atoms with van der Waals surface area (Å²) in [6, 6.07) is 4.46. The third-order valence-corrected chi connectivity index (χ3v) is 6.11. The fourth-order valence-electron chi connectivity index (χ4n) is 5.01. The van der Waals surface area contributed by atoms with Crippen LogP contribution in [0.25, 0.3) is 0 Å². The SMILES string of the molecule is CCCN(Cc1c[nH]c(=O)[nH]c1=O)c1c2c(nn1C)N(c1c(C)cc(C)cc1C)CCC2. The molecular formula is C24H32N6O2. The smallest absolute Gasteiger partial charge is 0.325 e. The first-order valence-electron chi connectivity index (χ1n) is 11.3. The van der Waals surface area contributed by atoms with Gasteiger partial charge in [0.05, 0.1) is 12.1 Å². The van der Waals surface area contributed by atoms with Crippen molar-refractivity contribution in [2.24, 2.45) is 7.05 Å². The molecule has 0 amide bonds. The zero-order valence-electron chi connectivity index (χ0n) is 19.6. The van der Waals surface area contributed by atoms with E-state index in [2.05, 4.69) is 59.6 Å². The fraction of sp³-hybridized carbons (Fsp3) is 0.458. The van der Waals surface area contributed by atoms with Crippen molar-refractivity contribution in [3.63, 3.8) is 0 Å². The van der Waals surface area contributed by atoms with Crippen LogP contribution in [0, 0.1) is 20.8 Å². The molecule has 8 heteroatoms. The Labute approximate surface area is 187 Å². The van der Waals surface area contributed by atoms with Gasteiger partial charge in [0.2, 0.25) is 0 Å². The van der Waals surface area contributed by atoms with E-state index in [4.69, 9.17) is 5.10 Å².